The molecule has 0 unspecified atom stereocenters. The maximum Gasteiger partial charge on any atom is 0.408 e. The van der Waals surface area contributed by atoms with Crippen LogP contribution in [0.25, 0.3) is 0 Å². The van der Waals surface area contributed by atoms with Gasteiger partial charge in [-0.2, -0.15) is 0 Å². The van der Waals surface area contributed by atoms with Crippen LogP contribution < -0.4 is 0 Å². The Labute approximate surface area is 66.3 Å². The van der Waals surface area contributed by atoms with Crippen LogP contribution in [0.5, 0.6) is 0 Å². The van der Waals surface area contributed by atoms with Crippen LogP contribution in [0.3, 0.4) is 0 Å². The van der Waals surface area contributed by atoms with E-state index in [-0.39, 0.29) is 6.04 Å². The lowest BCUT2D eigenvalue weighted by Crippen LogP contribution is -2.37. The molecule has 0 aromatic rings. The summed E-state index contributed by atoms with van der Waals surface area (Å²) in [5.74, 6) is 0.366. The van der Waals surface area contributed by atoms with E-state index < -0.39 is 6.09 Å². The van der Waals surface area contributed by atoms with Crippen molar-refractivity contribution in [3.8, 4) is 0 Å². The van der Waals surface area contributed by atoms with Gasteiger partial charge in [0, 0.05) is 6.54 Å². The highest BCUT2D eigenvalue weighted by molar-refractivity contribution is 5.66. The predicted molar refractivity (Wildman–Crippen MR) is 42.5 cm³/mol. The maximum absolute atomic E-state index is 10.6. The van der Waals surface area contributed by atoms with Crippen molar-refractivity contribution in [2.24, 2.45) is 5.92 Å². The van der Waals surface area contributed by atoms with Gasteiger partial charge in [0.25, 0.3) is 0 Å². The molecular formula is C8H13NO2. The summed E-state index contributed by atoms with van der Waals surface area (Å²) in [5, 5.41) is 8.72. The summed E-state index contributed by atoms with van der Waals surface area (Å²) in [7, 11) is 0. The first-order valence-corrected chi connectivity index (χ1v) is 3.79. The SMILES string of the molecule is CC(C)[C@H]1C=CCN1C(=O)O. The minimum atomic E-state index is -0.825. The highest BCUT2D eigenvalue weighted by atomic mass is 16.4. The molecule has 11 heavy (non-hydrogen) atoms. The van der Waals surface area contributed by atoms with Gasteiger partial charge in [-0.15, -0.1) is 0 Å². The minimum absolute atomic E-state index is 0.0764. The largest absolute Gasteiger partial charge is 0.465 e. The van der Waals surface area contributed by atoms with Gasteiger partial charge < -0.3 is 5.11 Å². The fourth-order valence-corrected chi connectivity index (χ4v) is 1.33. The number of nitrogens with zero attached hydrogens (tertiary/aromatic N) is 1. The van der Waals surface area contributed by atoms with E-state index in [0.717, 1.165) is 0 Å². The average Bonchev–Trinajstić information content (AvgIpc) is 2.32. The van der Waals surface area contributed by atoms with Crippen molar-refractivity contribution in [1.82, 2.24) is 4.90 Å². The van der Waals surface area contributed by atoms with Gasteiger partial charge in [-0.1, -0.05) is 26.0 Å². The fourth-order valence-electron chi connectivity index (χ4n) is 1.33. The van der Waals surface area contributed by atoms with Crippen LogP contribution in [0.15, 0.2) is 12.2 Å². The molecule has 1 heterocycles. The van der Waals surface area contributed by atoms with Crippen LogP contribution in [0, 0.1) is 5.92 Å². The van der Waals surface area contributed by atoms with E-state index in [4.69, 9.17) is 5.11 Å². The van der Waals surface area contributed by atoms with Crippen molar-refractivity contribution < 1.29 is 9.90 Å². The lowest BCUT2D eigenvalue weighted by Gasteiger charge is -2.24. The number of hydrogen-bond donors (Lipinski definition) is 1. The van der Waals surface area contributed by atoms with Crippen LogP contribution >= 0.6 is 0 Å². The van der Waals surface area contributed by atoms with Crippen molar-refractivity contribution >= 4 is 6.09 Å². The molecule has 1 atom stereocenters. The third-order valence-electron chi connectivity index (χ3n) is 1.92. The first kappa shape index (κ1) is 8.11. The Bertz CT molecular complexity index is 187. The fraction of sp³-hybridized carbons (Fsp3) is 0.625. The number of amides is 1. The second-order valence-electron chi connectivity index (χ2n) is 3.10. The summed E-state index contributed by atoms with van der Waals surface area (Å²) >= 11 is 0. The van der Waals surface area contributed by atoms with Crippen LogP contribution in [0.2, 0.25) is 0 Å². The van der Waals surface area contributed by atoms with E-state index in [1.807, 2.05) is 26.0 Å². The third kappa shape index (κ3) is 1.53. The highest BCUT2D eigenvalue weighted by Gasteiger charge is 2.26. The van der Waals surface area contributed by atoms with Gasteiger partial charge in [-0.05, 0) is 5.92 Å². The molecule has 0 fully saturated rings. The first-order valence-electron chi connectivity index (χ1n) is 3.79. The Morgan fingerprint density at radius 2 is 2.36 bits per heavy atom. The van der Waals surface area contributed by atoms with Gasteiger partial charge in [0.1, 0.15) is 0 Å². The normalized spacial score (nSPS) is 23.2. The minimum Gasteiger partial charge on any atom is -0.465 e. The smallest absolute Gasteiger partial charge is 0.408 e. The second kappa shape index (κ2) is 2.95. The van der Waals surface area contributed by atoms with Crippen molar-refractivity contribution in [3.05, 3.63) is 12.2 Å². The molecule has 0 aliphatic carbocycles. The van der Waals surface area contributed by atoms with Crippen LogP contribution in [0.1, 0.15) is 13.8 Å². The van der Waals surface area contributed by atoms with Crippen molar-refractivity contribution in [2.45, 2.75) is 19.9 Å². The predicted octanol–water partition coefficient (Wildman–Crippen LogP) is 1.56. The Morgan fingerprint density at radius 3 is 2.73 bits per heavy atom. The molecule has 0 aromatic carbocycles. The molecule has 1 amide bonds. The number of hydrogen-bond acceptors (Lipinski definition) is 1. The summed E-state index contributed by atoms with van der Waals surface area (Å²) < 4.78 is 0. The molecule has 3 nitrogen and oxygen atoms in total. The molecule has 0 bridgehead atoms. The summed E-state index contributed by atoms with van der Waals surface area (Å²) in [5.41, 5.74) is 0. The molecule has 0 radical (unpaired) electrons. The summed E-state index contributed by atoms with van der Waals surface area (Å²) in [6.45, 7) is 4.59. The topological polar surface area (TPSA) is 40.5 Å². The van der Waals surface area contributed by atoms with Gasteiger partial charge in [0.05, 0.1) is 6.04 Å². The number of carbonyl (C=O) groups is 1. The summed E-state index contributed by atoms with van der Waals surface area (Å²) in [4.78, 5) is 12.1. The van der Waals surface area contributed by atoms with Crippen LogP contribution in [-0.4, -0.2) is 28.7 Å². The second-order valence-corrected chi connectivity index (χ2v) is 3.10. The van der Waals surface area contributed by atoms with Crippen molar-refractivity contribution in [3.63, 3.8) is 0 Å². The monoisotopic (exact) mass is 155 g/mol. The van der Waals surface area contributed by atoms with E-state index in [9.17, 15) is 4.79 Å². The summed E-state index contributed by atoms with van der Waals surface area (Å²) in [6.07, 6.45) is 3.03. The lowest BCUT2D eigenvalue weighted by atomic mass is 10.1. The maximum atomic E-state index is 10.6. The molecule has 62 valence electrons. The molecule has 1 rings (SSSR count). The Hall–Kier alpha value is -0.990. The Kier molecular flexibility index (Phi) is 2.17. The number of rotatable bonds is 1. The standard InChI is InChI=1S/C8H13NO2/c1-6(2)7-4-3-5-9(7)8(10)11/h3-4,6-7H,5H2,1-2H3,(H,10,11)/t7-/m1/s1. The van der Waals surface area contributed by atoms with Crippen LogP contribution in [-0.2, 0) is 0 Å². The third-order valence-corrected chi connectivity index (χ3v) is 1.92. The van der Waals surface area contributed by atoms with Crippen molar-refractivity contribution in [1.29, 1.82) is 0 Å². The van der Waals surface area contributed by atoms with E-state index in [0.29, 0.717) is 12.5 Å². The van der Waals surface area contributed by atoms with Gasteiger partial charge >= 0.3 is 6.09 Å². The summed E-state index contributed by atoms with van der Waals surface area (Å²) in [6, 6.07) is 0.0764. The molecule has 1 aliphatic heterocycles. The van der Waals surface area contributed by atoms with E-state index in [2.05, 4.69) is 0 Å². The molecule has 0 saturated heterocycles. The molecule has 0 saturated carbocycles. The molecule has 0 spiro atoms. The van der Waals surface area contributed by atoms with Gasteiger partial charge in [0.2, 0.25) is 0 Å². The quantitative estimate of drug-likeness (QED) is 0.584. The Morgan fingerprint density at radius 1 is 1.73 bits per heavy atom. The van der Waals surface area contributed by atoms with E-state index >= 15 is 0 Å². The van der Waals surface area contributed by atoms with Crippen LogP contribution in [0.4, 0.5) is 4.79 Å². The van der Waals surface area contributed by atoms with Gasteiger partial charge in [0.15, 0.2) is 0 Å². The Balaban J connectivity index is 2.63. The molecule has 3 heteroatoms. The van der Waals surface area contributed by atoms with Gasteiger partial charge in [-0.3, -0.25) is 4.90 Å². The molecule has 1 N–H and O–H groups in total. The molecular weight excluding hydrogens is 142 g/mol. The van der Waals surface area contributed by atoms with Gasteiger partial charge in [-0.25, -0.2) is 4.79 Å². The number of carboxylic acid groups (broad SMARTS) is 1. The molecule has 0 aromatic heterocycles. The zero-order valence-corrected chi connectivity index (χ0v) is 6.82. The van der Waals surface area contributed by atoms with E-state index in [1.54, 1.807) is 0 Å². The van der Waals surface area contributed by atoms with E-state index in [1.165, 1.54) is 4.90 Å². The lowest BCUT2D eigenvalue weighted by molar-refractivity contribution is 0.135. The zero-order valence-electron chi connectivity index (χ0n) is 6.82. The molecule has 1 aliphatic rings. The van der Waals surface area contributed by atoms with Crippen molar-refractivity contribution in [2.75, 3.05) is 6.54 Å². The average molecular weight is 155 g/mol. The highest BCUT2D eigenvalue weighted by Crippen LogP contribution is 2.17. The first-order chi connectivity index (χ1) is 5.13. The zero-order chi connectivity index (χ0) is 8.43.